The molecule has 4 nitrogen and oxygen atoms in total. The lowest BCUT2D eigenvalue weighted by molar-refractivity contribution is 0.00398. The quantitative estimate of drug-likeness (QED) is 0.844. The molecule has 2 heterocycles. The van der Waals surface area contributed by atoms with E-state index in [1.165, 1.54) is 24.8 Å². The largest absolute Gasteiger partial charge is 0.376 e. The third kappa shape index (κ3) is 3.82. The lowest BCUT2D eigenvalue weighted by Gasteiger charge is -2.22. The molecule has 1 N–H and O–H groups in total. The second-order valence-electron chi connectivity index (χ2n) is 5.16. The van der Waals surface area contributed by atoms with Gasteiger partial charge in [0, 0.05) is 24.4 Å². The molecule has 1 saturated heterocycles. The summed E-state index contributed by atoms with van der Waals surface area (Å²) in [7, 11) is 0. The van der Waals surface area contributed by atoms with Crippen molar-refractivity contribution >= 4 is 0 Å². The lowest BCUT2D eigenvalue weighted by atomic mass is 10.1. The van der Waals surface area contributed by atoms with Crippen LogP contribution in [0.4, 0.5) is 0 Å². The molecule has 1 aromatic rings. The van der Waals surface area contributed by atoms with Gasteiger partial charge in [-0.15, -0.1) is 0 Å². The molecule has 102 valence electrons. The third-order valence-corrected chi connectivity index (χ3v) is 3.52. The summed E-state index contributed by atoms with van der Waals surface area (Å²) in [6, 6.07) is 0.381. The summed E-state index contributed by atoms with van der Waals surface area (Å²) in [5.41, 5.74) is 1.26. The average Bonchev–Trinajstić information content (AvgIpc) is 2.86. The molecular weight excluding hydrogens is 226 g/mol. The normalized spacial score (nSPS) is 22.0. The van der Waals surface area contributed by atoms with E-state index in [4.69, 9.17) is 4.74 Å². The fraction of sp³-hybridized carbons (Fsp3) is 0.786. The van der Waals surface area contributed by atoms with E-state index >= 15 is 0 Å². The van der Waals surface area contributed by atoms with Gasteiger partial charge in [-0.2, -0.15) is 5.10 Å². The summed E-state index contributed by atoms with van der Waals surface area (Å²) in [6.45, 7) is 7.23. The van der Waals surface area contributed by atoms with Gasteiger partial charge >= 0.3 is 0 Å². The summed E-state index contributed by atoms with van der Waals surface area (Å²) < 4.78 is 7.76. The van der Waals surface area contributed by atoms with Gasteiger partial charge in [-0.3, -0.25) is 4.68 Å². The Morgan fingerprint density at radius 3 is 3.17 bits per heavy atom. The van der Waals surface area contributed by atoms with Gasteiger partial charge in [-0.1, -0.05) is 6.92 Å². The van der Waals surface area contributed by atoms with Gasteiger partial charge in [-0.05, 0) is 39.2 Å². The Kier molecular flexibility index (Phi) is 5.20. The summed E-state index contributed by atoms with van der Waals surface area (Å²) in [5.74, 6) is 0. The number of hydrogen-bond donors (Lipinski definition) is 1. The molecule has 0 bridgehead atoms. The molecule has 0 saturated carbocycles. The van der Waals surface area contributed by atoms with Gasteiger partial charge in [0.15, 0.2) is 0 Å². The minimum atomic E-state index is 0.352. The molecular formula is C14H25N3O. The van der Waals surface area contributed by atoms with Gasteiger partial charge in [-0.25, -0.2) is 0 Å². The van der Waals surface area contributed by atoms with Crippen molar-refractivity contribution in [2.45, 2.75) is 58.2 Å². The van der Waals surface area contributed by atoms with Crippen molar-refractivity contribution in [3.8, 4) is 0 Å². The van der Waals surface area contributed by atoms with Crippen LogP contribution in [0.2, 0.25) is 0 Å². The first-order valence-corrected chi connectivity index (χ1v) is 7.17. The number of nitrogens with zero attached hydrogens (tertiary/aromatic N) is 2. The third-order valence-electron chi connectivity index (χ3n) is 3.52. The van der Waals surface area contributed by atoms with Crippen molar-refractivity contribution in [3.63, 3.8) is 0 Å². The number of nitrogens with one attached hydrogen (secondary N) is 1. The molecule has 1 aliphatic heterocycles. The van der Waals surface area contributed by atoms with Crippen LogP contribution in [-0.4, -0.2) is 29.0 Å². The Balaban J connectivity index is 1.84. The zero-order chi connectivity index (χ0) is 12.8. The van der Waals surface area contributed by atoms with Crippen LogP contribution in [0, 0.1) is 0 Å². The Bertz CT molecular complexity index is 345. The predicted octanol–water partition coefficient (Wildman–Crippen LogP) is 2.51. The highest BCUT2D eigenvalue weighted by molar-refractivity contribution is 5.09. The fourth-order valence-corrected chi connectivity index (χ4v) is 2.34. The Morgan fingerprint density at radius 2 is 2.44 bits per heavy atom. The summed E-state index contributed by atoms with van der Waals surface area (Å²) in [6.07, 6.45) is 9.28. The van der Waals surface area contributed by atoms with E-state index in [1.54, 1.807) is 0 Å². The van der Waals surface area contributed by atoms with Crippen LogP contribution >= 0.6 is 0 Å². The van der Waals surface area contributed by atoms with Gasteiger partial charge in [0.2, 0.25) is 0 Å². The highest BCUT2D eigenvalue weighted by Gasteiger charge is 2.15. The van der Waals surface area contributed by atoms with Crippen LogP contribution < -0.4 is 5.32 Å². The van der Waals surface area contributed by atoms with E-state index in [-0.39, 0.29) is 0 Å². The first kappa shape index (κ1) is 13.6. The number of aromatic nitrogens is 2. The maximum absolute atomic E-state index is 5.74. The summed E-state index contributed by atoms with van der Waals surface area (Å²) in [4.78, 5) is 0. The first-order chi connectivity index (χ1) is 8.79. The summed E-state index contributed by atoms with van der Waals surface area (Å²) in [5, 5.41) is 7.92. The Labute approximate surface area is 110 Å². The molecule has 0 radical (unpaired) electrons. The van der Waals surface area contributed by atoms with E-state index in [2.05, 4.69) is 30.5 Å². The topological polar surface area (TPSA) is 39.1 Å². The standard InChI is InChI=1S/C14H25N3O/c1-3-7-15-12(2)13-9-16-17(10-13)11-14-6-4-5-8-18-14/h9-10,12,14-15H,3-8,11H2,1-2H3. The molecule has 18 heavy (non-hydrogen) atoms. The monoisotopic (exact) mass is 251 g/mol. The molecule has 0 aliphatic carbocycles. The molecule has 0 aromatic carbocycles. The minimum Gasteiger partial charge on any atom is -0.376 e. The van der Waals surface area contributed by atoms with Crippen molar-refractivity contribution in [2.24, 2.45) is 0 Å². The lowest BCUT2D eigenvalue weighted by Crippen LogP contribution is -2.24. The van der Waals surface area contributed by atoms with Gasteiger partial charge in [0.25, 0.3) is 0 Å². The second kappa shape index (κ2) is 6.90. The van der Waals surface area contributed by atoms with Crippen molar-refractivity contribution in [1.29, 1.82) is 0 Å². The van der Waals surface area contributed by atoms with E-state index in [0.717, 1.165) is 26.1 Å². The van der Waals surface area contributed by atoms with Crippen molar-refractivity contribution in [1.82, 2.24) is 15.1 Å². The molecule has 0 amide bonds. The van der Waals surface area contributed by atoms with E-state index < -0.39 is 0 Å². The first-order valence-electron chi connectivity index (χ1n) is 7.17. The van der Waals surface area contributed by atoms with Gasteiger partial charge < -0.3 is 10.1 Å². The van der Waals surface area contributed by atoms with Crippen LogP contribution in [0.25, 0.3) is 0 Å². The molecule has 2 unspecified atom stereocenters. The minimum absolute atomic E-state index is 0.352. The highest BCUT2D eigenvalue weighted by atomic mass is 16.5. The zero-order valence-corrected chi connectivity index (χ0v) is 11.6. The van der Waals surface area contributed by atoms with Crippen molar-refractivity contribution in [3.05, 3.63) is 18.0 Å². The van der Waals surface area contributed by atoms with Crippen LogP contribution in [0.5, 0.6) is 0 Å². The number of hydrogen-bond acceptors (Lipinski definition) is 3. The predicted molar refractivity (Wildman–Crippen MR) is 72.5 cm³/mol. The Hall–Kier alpha value is -0.870. The van der Waals surface area contributed by atoms with Crippen LogP contribution in [-0.2, 0) is 11.3 Å². The van der Waals surface area contributed by atoms with E-state index in [1.807, 2.05) is 10.9 Å². The van der Waals surface area contributed by atoms with Gasteiger partial charge in [0.05, 0.1) is 18.8 Å². The maximum Gasteiger partial charge on any atom is 0.0770 e. The fourth-order valence-electron chi connectivity index (χ4n) is 2.34. The molecule has 1 aliphatic rings. The smallest absolute Gasteiger partial charge is 0.0770 e. The maximum atomic E-state index is 5.74. The molecule has 4 heteroatoms. The zero-order valence-electron chi connectivity index (χ0n) is 11.6. The van der Waals surface area contributed by atoms with Crippen molar-refractivity contribution < 1.29 is 4.74 Å². The Morgan fingerprint density at radius 1 is 1.56 bits per heavy atom. The highest BCUT2D eigenvalue weighted by Crippen LogP contribution is 2.16. The van der Waals surface area contributed by atoms with E-state index in [0.29, 0.717) is 12.1 Å². The molecule has 2 atom stereocenters. The van der Waals surface area contributed by atoms with Crippen molar-refractivity contribution in [2.75, 3.05) is 13.2 Å². The number of ether oxygens (including phenoxy) is 1. The molecule has 1 aromatic heterocycles. The summed E-state index contributed by atoms with van der Waals surface area (Å²) >= 11 is 0. The van der Waals surface area contributed by atoms with Crippen LogP contribution in [0.1, 0.15) is 51.1 Å². The second-order valence-corrected chi connectivity index (χ2v) is 5.16. The SMILES string of the molecule is CCCNC(C)c1cnn(CC2CCCCO2)c1. The van der Waals surface area contributed by atoms with E-state index in [9.17, 15) is 0 Å². The average molecular weight is 251 g/mol. The molecule has 1 fully saturated rings. The number of rotatable bonds is 6. The van der Waals surface area contributed by atoms with Gasteiger partial charge in [0.1, 0.15) is 0 Å². The molecule has 0 spiro atoms. The van der Waals surface area contributed by atoms with Crippen LogP contribution in [0.3, 0.4) is 0 Å². The molecule has 2 rings (SSSR count). The van der Waals surface area contributed by atoms with Crippen LogP contribution in [0.15, 0.2) is 12.4 Å².